The van der Waals surface area contributed by atoms with Crippen molar-refractivity contribution in [2.24, 2.45) is 0 Å². The normalized spacial score (nSPS) is 11.0. The molecule has 0 radical (unpaired) electrons. The maximum absolute atomic E-state index is 9.34. The molecule has 0 saturated heterocycles. The number of fused-ring (bicyclic) bond motifs is 4. The lowest BCUT2D eigenvalue weighted by molar-refractivity contribution is 1.26. The second-order valence-electron chi connectivity index (χ2n) is 11.2. The number of hydrogen-bond acceptors (Lipinski definition) is 3. The molecule has 4 nitrogen and oxygen atoms in total. The molecule has 0 bridgehead atoms. The third-order valence-electron chi connectivity index (χ3n) is 8.66. The highest BCUT2D eigenvalue weighted by atomic mass is 14.8. The van der Waals surface area contributed by atoms with Crippen LogP contribution in [0.25, 0.3) is 81.7 Å². The van der Waals surface area contributed by atoms with Gasteiger partial charge in [-0.05, 0) is 101 Å². The molecule has 0 atom stereocenters. The molecule has 46 heavy (non-hydrogen) atoms. The monoisotopic (exact) mass is 584 g/mol. The molecule has 0 saturated carbocycles. The van der Waals surface area contributed by atoms with Gasteiger partial charge < -0.3 is 4.85 Å². The molecular formula is C42H24N4. The zero-order chi connectivity index (χ0) is 31.0. The molecular weight excluding hydrogens is 560 g/mol. The lowest BCUT2D eigenvalue weighted by atomic mass is 9.83. The zero-order valence-electron chi connectivity index (χ0n) is 24.6. The predicted molar refractivity (Wildman–Crippen MR) is 187 cm³/mol. The summed E-state index contributed by atoms with van der Waals surface area (Å²) in [6, 6.07) is 48.7. The molecule has 0 unspecified atom stereocenters. The standard InChI is InChI=1S/C42H24N4/c1-44-39-25-33(21-23-46-39)28-12-16-31(17-13-28)41-37-9-5-4-8-36(37)40(38-19-18-29-6-2-3-7-35(29)42(38)41)30-14-10-27(11-15-30)32-20-22-45-34(24-32)26-43/h2-25H. The van der Waals surface area contributed by atoms with Crippen molar-refractivity contribution < 1.29 is 0 Å². The van der Waals surface area contributed by atoms with Crippen LogP contribution in [-0.2, 0) is 0 Å². The summed E-state index contributed by atoms with van der Waals surface area (Å²) >= 11 is 0. The highest BCUT2D eigenvalue weighted by Crippen LogP contribution is 2.46. The van der Waals surface area contributed by atoms with Crippen LogP contribution < -0.4 is 0 Å². The van der Waals surface area contributed by atoms with E-state index < -0.39 is 0 Å². The van der Waals surface area contributed by atoms with Gasteiger partial charge in [0.1, 0.15) is 18.0 Å². The molecule has 8 rings (SSSR count). The number of rotatable bonds is 4. The third kappa shape index (κ3) is 4.54. The number of nitrogens with zero attached hydrogens (tertiary/aromatic N) is 4. The van der Waals surface area contributed by atoms with Crippen LogP contribution in [0.1, 0.15) is 5.69 Å². The van der Waals surface area contributed by atoms with Crippen LogP contribution in [0.4, 0.5) is 5.82 Å². The maximum Gasteiger partial charge on any atom is 0.270 e. The van der Waals surface area contributed by atoms with Gasteiger partial charge in [-0.1, -0.05) is 116 Å². The van der Waals surface area contributed by atoms with Crippen molar-refractivity contribution in [2.45, 2.75) is 0 Å². The molecule has 0 spiro atoms. The lowest BCUT2D eigenvalue weighted by Crippen LogP contribution is -1.92. The molecule has 6 aromatic carbocycles. The first kappa shape index (κ1) is 27.0. The van der Waals surface area contributed by atoms with E-state index in [1.807, 2.05) is 24.3 Å². The van der Waals surface area contributed by atoms with Gasteiger partial charge in [-0.15, -0.1) is 4.98 Å². The maximum atomic E-state index is 9.34. The van der Waals surface area contributed by atoms with Crippen molar-refractivity contribution in [2.75, 3.05) is 0 Å². The van der Waals surface area contributed by atoms with Gasteiger partial charge in [0.25, 0.3) is 5.82 Å². The molecule has 0 amide bonds. The van der Waals surface area contributed by atoms with Crippen molar-refractivity contribution in [3.63, 3.8) is 0 Å². The number of nitriles is 1. The van der Waals surface area contributed by atoms with E-state index in [0.29, 0.717) is 11.5 Å². The van der Waals surface area contributed by atoms with Gasteiger partial charge in [0.05, 0.1) is 0 Å². The van der Waals surface area contributed by atoms with Crippen molar-refractivity contribution in [1.82, 2.24) is 9.97 Å². The van der Waals surface area contributed by atoms with Crippen LogP contribution in [0.3, 0.4) is 0 Å². The third-order valence-corrected chi connectivity index (χ3v) is 8.66. The number of hydrogen-bond donors (Lipinski definition) is 0. The number of pyridine rings is 2. The summed E-state index contributed by atoms with van der Waals surface area (Å²) in [5.74, 6) is 0.390. The smallest absolute Gasteiger partial charge is 0.270 e. The van der Waals surface area contributed by atoms with E-state index >= 15 is 0 Å². The molecule has 2 heterocycles. The molecule has 4 heteroatoms. The minimum Gasteiger partial charge on any atom is -0.361 e. The molecule has 8 aromatic rings. The Labute approximate surface area is 266 Å². The SMILES string of the molecule is [C-]#[N+]c1cc(-c2ccc(-c3c4ccccc4c(-c4ccc(-c5ccnc(C#N)c5)cc4)c4ccc5ccccc5c34)cc2)ccn1. The van der Waals surface area contributed by atoms with Crippen molar-refractivity contribution in [3.05, 3.63) is 163 Å². The van der Waals surface area contributed by atoms with E-state index in [-0.39, 0.29) is 0 Å². The van der Waals surface area contributed by atoms with Gasteiger partial charge in [0.15, 0.2) is 0 Å². The van der Waals surface area contributed by atoms with Crippen molar-refractivity contribution >= 4 is 38.1 Å². The quantitative estimate of drug-likeness (QED) is 0.117. The topological polar surface area (TPSA) is 53.9 Å². The van der Waals surface area contributed by atoms with Crippen LogP contribution in [0.2, 0.25) is 0 Å². The van der Waals surface area contributed by atoms with Gasteiger partial charge in [0, 0.05) is 6.20 Å². The van der Waals surface area contributed by atoms with Crippen molar-refractivity contribution in [3.8, 4) is 50.6 Å². The van der Waals surface area contributed by atoms with Gasteiger partial charge in [-0.3, -0.25) is 0 Å². The van der Waals surface area contributed by atoms with E-state index in [0.717, 1.165) is 33.4 Å². The molecule has 0 aliphatic heterocycles. The first-order chi connectivity index (χ1) is 22.7. The van der Waals surface area contributed by atoms with Gasteiger partial charge >= 0.3 is 0 Å². The summed E-state index contributed by atoms with van der Waals surface area (Å²) in [6.07, 6.45) is 3.37. The summed E-state index contributed by atoms with van der Waals surface area (Å²) in [5.41, 5.74) is 9.09. The van der Waals surface area contributed by atoms with Crippen LogP contribution in [0.15, 0.2) is 146 Å². The summed E-state index contributed by atoms with van der Waals surface area (Å²) in [5, 5.41) is 16.5. The second-order valence-corrected chi connectivity index (χ2v) is 11.2. The van der Waals surface area contributed by atoms with Gasteiger partial charge in [-0.2, -0.15) is 5.26 Å². The fourth-order valence-electron chi connectivity index (χ4n) is 6.55. The molecule has 0 fully saturated rings. The fourth-order valence-corrected chi connectivity index (χ4v) is 6.55. The average Bonchev–Trinajstić information content (AvgIpc) is 3.14. The van der Waals surface area contributed by atoms with E-state index in [4.69, 9.17) is 6.57 Å². The largest absolute Gasteiger partial charge is 0.361 e. The second kappa shape index (κ2) is 11.1. The predicted octanol–water partition coefficient (Wildman–Crippen LogP) is 11.0. The molecule has 0 aliphatic carbocycles. The molecule has 0 N–H and O–H groups in total. The lowest BCUT2D eigenvalue weighted by Gasteiger charge is -2.20. The van der Waals surface area contributed by atoms with E-state index in [9.17, 15) is 5.26 Å². The fraction of sp³-hybridized carbons (Fsp3) is 0. The Morgan fingerprint density at radius 3 is 1.74 bits per heavy atom. The highest BCUT2D eigenvalue weighted by molar-refractivity contribution is 6.27. The average molecular weight is 585 g/mol. The zero-order valence-corrected chi connectivity index (χ0v) is 24.6. The summed E-state index contributed by atoms with van der Waals surface area (Å²) in [6.45, 7) is 7.36. The van der Waals surface area contributed by atoms with Crippen LogP contribution in [-0.4, -0.2) is 9.97 Å². The Morgan fingerprint density at radius 2 is 1.07 bits per heavy atom. The van der Waals surface area contributed by atoms with Crippen molar-refractivity contribution in [1.29, 1.82) is 5.26 Å². The Hall–Kier alpha value is -6.62. The van der Waals surface area contributed by atoms with Crippen LogP contribution in [0.5, 0.6) is 0 Å². The van der Waals surface area contributed by atoms with E-state index in [1.165, 1.54) is 43.4 Å². The van der Waals surface area contributed by atoms with E-state index in [2.05, 4.69) is 130 Å². The number of benzene rings is 6. The Bertz CT molecular complexity index is 2530. The van der Waals surface area contributed by atoms with Crippen LogP contribution >= 0.6 is 0 Å². The Kier molecular flexibility index (Phi) is 6.53. The van der Waals surface area contributed by atoms with Crippen LogP contribution in [0, 0.1) is 17.9 Å². The highest BCUT2D eigenvalue weighted by Gasteiger charge is 2.19. The number of aromatic nitrogens is 2. The molecule has 0 aliphatic rings. The Morgan fingerprint density at radius 1 is 0.500 bits per heavy atom. The van der Waals surface area contributed by atoms with Gasteiger partial charge in [0.2, 0.25) is 0 Å². The summed E-state index contributed by atoms with van der Waals surface area (Å²) < 4.78 is 0. The minimum atomic E-state index is 0.390. The first-order valence-corrected chi connectivity index (χ1v) is 15.0. The minimum absolute atomic E-state index is 0.390. The molecule has 2 aromatic heterocycles. The first-order valence-electron chi connectivity index (χ1n) is 15.0. The molecule has 212 valence electrons. The Balaban J connectivity index is 1.37. The summed E-state index contributed by atoms with van der Waals surface area (Å²) in [7, 11) is 0. The van der Waals surface area contributed by atoms with E-state index in [1.54, 1.807) is 12.4 Å². The van der Waals surface area contributed by atoms with Gasteiger partial charge in [-0.25, -0.2) is 4.98 Å². The summed E-state index contributed by atoms with van der Waals surface area (Å²) in [4.78, 5) is 11.8.